The molecule has 3 atom stereocenters. The maximum Gasteiger partial charge on any atom is 0.320 e. The van der Waals surface area contributed by atoms with Crippen molar-refractivity contribution < 1.29 is 9.90 Å². The van der Waals surface area contributed by atoms with Crippen LogP contribution in [-0.4, -0.2) is 23.2 Å². The number of rotatable bonds is 1. The van der Waals surface area contributed by atoms with E-state index in [2.05, 4.69) is 12.2 Å². The number of carboxylic acids is 1. The fourth-order valence-electron chi connectivity index (χ4n) is 1.75. The Morgan fingerprint density at radius 1 is 1.42 bits per heavy atom. The van der Waals surface area contributed by atoms with Crippen molar-refractivity contribution in [1.29, 1.82) is 0 Å². The second kappa shape index (κ2) is 4.67. The Hall–Kier alpha value is -0.280. The van der Waals surface area contributed by atoms with Gasteiger partial charge in [-0.15, -0.1) is 12.4 Å². The molecule has 1 rings (SSSR count). The third kappa shape index (κ3) is 2.99. The summed E-state index contributed by atoms with van der Waals surface area (Å²) in [5, 5.41) is 11.8. The standard InChI is InChI=1S/C8H15NO2.ClH/c1-5-3-6(2)9-7(4-5)8(10)11;/h5-7,9H,3-4H2,1-2H3,(H,10,11);1H/t5-,6+,7+;/m1./s1. The van der Waals surface area contributed by atoms with Gasteiger partial charge in [0.15, 0.2) is 0 Å². The first-order valence-electron chi connectivity index (χ1n) is 4.08. The molecule has 3 nitrogen and oxygen atoms in total. The van der Waals surface area contributed by atoms with Gasteiger partial charge in [-0.2, -0.15) is 0 Å². The molecule has 2 N–H and O–H groups in total. The summed E-state index contributed by atoms with van der Waals surface area (Å²) in [4.78, 5) is 10.6. The van der Waals surface area contributed by atoms with Crippen molar-refractivity contribution in [3.05, 3.63) is 0 Å². The van der Waals surface area contributed by atoms with Crippen molar-refractivity contribution in [2.45, 2.75) is 38.8 Å². The summed E-state index contributed by atoms with van der Waals surface area (Å²) >= 11 is 0. The summed E-state index contributed by atoms with van der Waals surface area (Å²) in [6.07, 6.45) is 1.85. The van der Waals surface area contributed by atoms with Crippen LogP contribution in [0.5, 0.6) is 0 Å². The van der Waals surface area contributed by atoms with Gasteiger partial charge in [0, 0.05) is 6.04 Å². The second-order valence-electron chi connectivity index (χ2n) is 3.54. The van der Waals surface area contributed by atoms with E-state index in [1.807, 2.05) is 6.92 Å². The summed E-state index contributed by atoms with van der Waals surface area (Å²) in [5.74, 6) is -0.184. The molecule has 1 fully saturated rings. The summed E-state index contributed by atoms with van der Waals surface area (Å²) in [7, 11) is 0. The number of nitrogens with one attached hydrogen (secondary N) is 1. The third-order valence-corrected chi connectivity index (χ3v) is 2.18. The van der Waals surface area contributed by atoms with Crippen molar-refractivity contribution in [1.82, 2.24) is 5.32 Å². The molecule has 1 aliphatic heterocycles. The van der Waals surface area contributed by atoms with Crippen molar-refractivity contribution >= 4 is 18.4 Å². The van der Waals surface area contributed by atoms with Crippen LogP contribution >= 0.6 is 12.4 Å². The number of carboxylic acid groups (broad SMARTS) is 1. The van der Waals surface area contributed by atoms with Crippen LogP contribution in [0, 0.1) is 5.92 Å². The third-order valence-electron chi connectivity index (χ3n) is 2.18. The van der Waals surface area contributed by atoms with E-state index < -0.39 is 5.97 Å². The van der Waals surface area contributed by atoms with Gasteiger partial charge in [0.2, 0.25) is 0 Å². The van der Waals surface area contributed by atoms with Crippen LogP contribution in [0.25, 0.3) is 0 Å². The summed E-state index contributed by atoms with van der Waals surface area (Å²) in [6, 6.07) is 0.0219. The molecule has 0 unspecified atom stereocenters. The van der Waals surface area contributed by atoms with Crippen molar-refractivity contribution in [3.63, 3.8) is 0 Å². The molecule has 1 heterocycles. The first-order valence-corrected chi connectivity index (χ1v) is 4.08. The SMILES string of the molecule is C[C@H]1C[C@@H](C(=O)O)N[C@@H](C)C1.Cl. The topological polar surface area (TPSA) is 49.3 Å². The fourth-order valence-corrected chi connectivity index (χ4v) is 1.75. The lowest BCUT2D eigenvalue weighted by Gasteiger charge is -2.30. The average Bonchev–Trinajstić information content (AvgIpc) is 1.85. The minimum atomic E-state index is -0.719. The molecule has 0 amide bonds. The van der Waals surface area contributed by atoms with Gasteiger partial charge in [-0.1, -0.05) is 6.92 Å². The zero-order chi connectivity index (χ0) is 8.43. The molecule has 0 aromatic rings. The highest BCUT2D eigenvalue weighted by molar-refractivity contribution is 5.85. The van der Waals surface area contributed by atoms with Crippen LogP contribution in [0.3, 0.4) is 0 Å². The molecule has 72 valence electrons. The lowest BCUT2D eigenvalue weighted by Crippen LogP contribution is -2.47. The van der Waals surface area contributed by atoms with E-state index >= 15 is 0 Å². The Morgan fingerprint density at radius 2 is 2.00 bits per heavy atom. The Morgan fingerprint density at radius 3 is 2.42 bits per heavy atom. The number of piperidine rings is 1. The van der Waals surface area contributed by atoms with Crippen LogP contribution in [0.1, 0.15) is 26.7 Å². The monoisotopic (exact) mass is 193 g/mol. The van der Waals surface area contributed by atoms with Crippen LogP contribution in [-0.2, 0) is 4.79 Å². The molecule has 4 heteroatoms. The van der Waals surface area contributed by atoms with Crippen LogP contribution in [0.2, 0.25) is 0 Å². The van der Waals surface area contributed by atoms with Gasteiger partial charge in [0.1, 0.15) is 6.04 Å². The molecule has 0 aromatic carbocycles. The molecule has 12 heavy (non-hydrogen) atoms. The minimum Gasteiger partial charge on any atom is -0.480 e. The molecule has 0 bridgehead atoms. The number of carbonyl (C=O) groups is 1. The van der Waals surface area contributed by atoms with Gasteiger partial charge in [0.05, 0.1) is 0 Å². The van der Waals surface area contributed by atoms with Crippen LogP contribution < -0.4 is 5.32 Å². The van der Waals surface area contributed by atoms with E-state index in [0.29, 0.717) is 12.0 Å². The van der Waals surface area contributed by atoms with Gasteiger partial charge in [-0.3, -0.25) is 4.79 Å². The predicted octanol–water partition coefficient (Wildman–Crippen LogP) is 1.27. The maximum atomic E-state index is 10.6. The van der Waals surface area contributed by atoms with E-state index in [0.717, 1.165) is 12.8 Å². The molecule has 1 aliphatic rings. The quantitative estimate of drug-likeness (QED) is 0.660. The van der Waals surface area contributed by atoms with Crippen molar-refractivity contribution in [2.75, 3.05) is 0 Å². The normalized spacial score (nSPS) is 35.3. The predicted molar refractivity (Wildman–Crippen MR) is 49.7 cm³/mol. The number of aliphatic carboxylic acids is 1. The Labute approximate surface area is 78.9 Å². The minimum absolute atomic E-state index is 0. The Bertz CT molecular complexity index is 153. The van der Waals surface area contributed by atoms with Crippen LogP contribution in [0.4, 0.5) is 0 Å². The van der Waals surface area contributed by atoms with E-state index in [1.54, 1.807) is 0 Å². The zero-order valence-corrected chi connectivity index (χ0v) is 8.23. The van der Waals surface area contributed by atoms with Gasteiger partial charge in [-0.05, 0) is 25.7 Å². The van der Waals surface area contributed by atoms with E-state index in [-0.39, 0.29) is 18.4 Å². The summed E-state index contributed by atoms with van der Waals surface area (Å²) in [5.41, 5.74) is 0. The highest BCUT2D eigenvalue weighted by Crippen LogP contribution is 2.19. The number of hydrogen-bond donors (Lipinski definition) is 2. The molecule has 0 aliphatic carbocycles. The zero-order valence-electron chi connectivity index (χ0n) is 7.41. The smallest absolute Gasteiger partial charge is 0.320 e. The molecule has 0 saturated carbocycles. The Balaban J connectivity index is 0.00000121. The first kappa shape index (κ1) is 11.7. The number of halogens is 1. The van der Waals surface area contributed by atoms with Crippen molar-refractivity contribution in [2.24, 2.45) is 5.92 Å². The van der Waals surface area contributed by atoms with Gasteiger partial charge in [0.25, 0.3) is 0 Å². The van der Waals surface area contributed by atoms with Gasteiger partial charge >= 0.3 is 5.97 Å². The van der Waals surface area contributed by atoms with E-state index in [4.69, 9.17) is 5.11 Å². The molecule has 1 saturated heterocycles. The van der Waals surface area contributed by atoms with Gasteiger partial charge < -0.3 is 10.4 Å². The highest BCUT2D eigenvalue weighted by atomic mass is 35.5. The summed E-state index contributed by atoms with van der Waals surface area (Å²) in [6.45, 7) is 4.14. The lowest BCUT2D eigenvalue weighted by atomic mass is 9.90. The highest BCUT2D eigenvalue weighted by Gasteiger charge is 2.27. The van der Waals surface area contributed by atoms with E-state index in [1.165, 1.54) is 0 Å². The van der Waals surface area contributed by atoms with Crippen molar-refractivity contribution in [3.8, 4) is 0 Å². The molecular formula is C8H16ClNO2. The summed E-state index contributed by atoms with van der Waals surface area (Å²) < 4.78 is 0. The second-order valence-corrected chi connectivity index (χ2v) is 3.54. The number of hydrogen-bond acceptors (Lipinski definition) is 2. The Kier molecular flexibility index (Phi) is 4.57. The average molecular weight is 194 g/mol. The first-order chi connectivity index (χ1) is 5.09. The molecular weight excluding hydrogens is 178 g/mol. The maximum absolute atomic E-state index is 10.6. The van der Waals surface area contributed by atoms with Gasteiger partial charge in [-0.25, -0.2) is 0 Å². The molecule has 0 aromatic heterocycles. The van der Waals surface area contributed by atoms with Crippen LogP contribution in [0.15, 0.2) is 0 Å². The molecule has 0 radical (unpaired) electrons. The fraction of sp³-hybridized carbons (Fsp3) is 0.875. The van der Waals surface area contributed by atoms with E-state index in [9.17, 15) is 4.79 Å². The largest absolute Gasteiger partial charge is 0.480 e. The lowest BCUT2D eigenvalue weighted by molar-refractivity contribution is -0.140. The molecule has 0 spiro atoms.